The van der Waals surface area contributed by atoms with Crippen molar-refractivity contribution >= 4 is 34.1 Å². The molecule has 3 heterocycles. The third-order valence-electron chi connectivity index (χ3n) is 5.34. The Labute approximate surface area is 205 Å². The van der Waals surface area contributed by atoms with Crippen LogP contribution in [0.2, 0.25) is 0 Å². The van der Waals surface area contributed by atoms with Crippen molar-refractivity contribution in [3.05, 3.63) is 65.2 Å². The first-order valence-corrected chi connectivity index (χ1v) is 12.7. The van der Waals surface area contributed by atoms with Crippen LogP contribution in [0.15, 0.2) is 59.1 Å². The normalized spacial score (nSPS) is 12.2. The molecule has 0 saturated carbocycles. The number of rotatable bonds is 8. The van der Waals surface area contributed by atoms with Gasteiger partial charge in [-0.2, -0.15) is 0 Å². The summed E-state index contributed by atoms with van der Waals surface area (Å²) < 4.78 is 13.1. The number of fused-ring (bicyclic) bond motifs is 1. The van der Waals surface area contributed by atoms with Crippen LogP contribution in [0.5, 0.6) is 11.5 Å². The van der Waals surface area contributed by atoms with Crippen molar-refractivity contribution < 1.29 is 14.3 Å². The van der Waals surface area contributed by atoms with Crippen molar-refractivity contribution in [3.63, 3.8) is 0 Å². The van der Waals surface area contributed by atoms with Crippen molar-refractivity contribution in [1.82, 2.24) is 19.7 Å². The smallest absolute Gasteiger partial charge is 0.231 e. The molecular formula is C24H23N5O3S2. The summed E-state index contributed by atoms with van der Waals surface area (Å²) in [6, 6.07) is 16.0. The second kappa shape index (κ2) is 9.86. The van der Waals surface area contributed by atoms with E-state index in [1.807, 2.05) is 60.8 Å². The number of carbonyl (C=O) groups is 1. The van der Waals surface area contributed by atoms with Crippen LogP contribution in [0.1, 0.15) is 25.1 Å². The van der Waals surface area contributed by atoms with Gasteiger partial charge >= 0.3 is 0 Å². The second-order valence-electron chi connectivity index (χ2n) is 7.62. The van der Waals surface area contributed by atoms with Crippen LogP contribution in [0.25, 0.3) is 11.4 Å². The zero-order chi connectivity index (χ0) is 23.5. The van der Waals surface area contributed by atoms with Crippen molar-refractivity contribution in [2.24, 2.45) is 0 Å². The van der Waals surface area contributed by atoms with E-state index in [0.717, 1.165) is 44.4 Å². The molecule has 1 amide bonds. The van der Waals surface area contributed by atoms with Crippen molar-refractivity contribution in [2.75, 3.05) is 18.2 Å². The van der Waals surface area contributed by atoms with Crippen LogP contribution in [0.3, 0.4) is 0 Å². The number of anilines is 1. The van der Waals surface area contributed by atoms with Gasteiger partial charge in [0.15, 0.2) is 27.6 Å². The quantitative estimate of drug-likeness (QED) is 0.325. The molecule has 0 bridgehead atoms. The number of hydrogen-bond donors (Lipinski definition) is 0. The van der Waals surface area contributed by atoms with Gasteiger partial charge in [0.1, 0.15) is 0 Å². The van der Waals surface area contributed by atoms with Gasteiger partial charge in [0, 0.05) is 30.2 Å². The predicted octanol–water partition coefficient (Wildman–Crippen LogP) is 4.84. The first kappa shape index (κ1) is 22.4. The fourth-order valence-corrected chi connectivity index (χ4v) is 5.55. The van der Waals surface area contributed by atoms with E-state index in [1.54, 1.807) is 23.6 Å². The Kier molecular flexibility index (Phi) is 6.50. The molecule has 1 aliphatic rings. The Morgan fingerprint density at radius 1 is 1.15 bits per heavy atom. The monoisotopic (exact) mass is 493 g/mol. The maximum absolute atomic E-state index is 11.8. The number of carbonyl (C=O) groups excluding carboxylic acids is 1. The number of thioether (sulfide) groups is 1. The predicted molar refractivity (Wildman–Crippen MR) is 133 cm³/mol. The molecule has 8 nitrogen and oxygen atoms in total. The van der Waals surface area contributed by atoms with E-state index in [9.17, 15) is 4.79 Å². The average molecular weight is 494 g/mol. The molecule has 4 aromatic rings. The lowest BCUT2D eigenvalue weighted by Gasteiger charge is -2.14. The van der Waals surface area contributed by atoms with Gasteiger partial charge in [0.25, 0.3) is 0 Å². The summed E-state index contributed by atoms with van der Waals surface area (Å²) >= 11 is 3.05. The lowest BCUT2D eigenvalue weighted by Crippen LogP contribution is -2.27. The first-order chi connectivity index (χ1) is 16.6. The van der Waals surface area contributed by atoms with Gasteiger partial charge in [0.05, 0.1) is 12.2 Å². The highest BCUT2D eigenvalue weighted by Gasteiger charge is 2.19. The molecule has 174 valence electrons. The number of aromatic nitrogens is 4. The lowest BCUT2D eigenvalue weighted by atomic mass is 10.2. The van der Waals surface area contributed by atoms with Crippen molar-refractivity contribution in [3.8, 4) is 22.9 Å². The fourth-order valence-electron chi connectivity index (χ4n) is 3.68. The van der Waals surface area contributed by atoms with Crippen LogP contribution in [0.4, 0.5) is 5.13 Å². The number of nitrogens with zero attached hydrogens (tertiary/aromatic N) is 5. The molecule has 0 atom stereocenters. The Morgan fingerprint density at radius 3 is 2.76 bits per heavy atom. The fraction of sp³-hybridized carbons (Fsp3) is 0.250. The van der Waals surface area contributed by atoms with Crippen LogP contribution in [0, 0.1) is 0 Å². The molecule has 0 aliphatic carbocycles. The highest BCUT2D eigenvalue weighted by Crippen LogP contribution is 2.34. The van der Waals surface area contributed by atoms with Crippen molar-refractivity contribution in [1.29, 1.82) is 0 Å². The maximum Gasteiger partial charge on any atom is 0.231 e. The van der Waals surface area contributed by atoms with Crippen molar-refractivity contribution in [2.45, 2.75) is 31.3 Å². The molecule has 2 aromatic heterocycles. The molecule has 0 saturated heterocycles. The summed E-state index contributed by atoms with van der Waals surface area (Å²) in [5.74, 6) is 2.93. The molecule has 2 aromatic carbocycles. The summed E-state index contributed by atoms with van der Waals surface area (Å²) in [4.78, 5) is 18.2. The maximum atomic E-state index is 11.8. The Hall–Kier alpha value is -3.37. The topological polar surface area (TPSA) is 82.4 Å². The molecule has 0 radical (unpaired) electrons. The Morgan fingerprint density at radius 2 is 1.97 bits per heavy atom. The van der Waals surface area contributed by atoms with E-state index < -0.39 is 0 Å². The van der Waals surface area contributed by atoms with Gasteiger partial charge in [0.2, 0.25) is 12.7 Å². The van der Waals surface area contributed by atoms with Gasteiger partial charge < -0.3 is 9.47 Å². The molecule has 0 spiro atoms. The molecule has 34 heavy (non-hydrogen) atoms. The van der Waals surface area contributed by atoms with E-state index in [2.05, 4.69) is 19.7 Å². The second-order valence-corrected chi connectivity index (χ2v) is 9.40. The summed E-state index contributed by atoms with van der Waals surface area (Å²) in [7, 11) is 0. The van der Waals surface area contributed by atoms with E-state index >= 15 is 0 Å². The minimum Gasteiger partial charge on any atom is -0.454 e. The van der Waals surface area contributed by atoms with Crippen LogP contribution in [-0.2, 0) is 17.1 Å². The molecule has 0 unspecified atom stereocenters. The van der Waals surface area contributed by atoms with E-state index in [4.69, 9.17) is 9.47 Å². The summed E-state index contributed by atoms with van der Waals surface area (Å²) in [6.45, 7) is 4.94. The SMILES string of the molecule is CCN(C(C)=O)c1nc(CSc2nnc(-c3ccccc3)n2Cc2ccc3c(c2)OCO3)cs1. The lowest BCUT2D eigenvalue weighted by molar-refractivity contribution is -0.116. The summed E-state index contributed by atoms with van der Waals surface area (Å²) in [6.07, 6.45) is 0. The largest absolute Gasteiger partial charge is 0.454 e. The molecule has 0 fully saturated rings. The van der Waals surface area contributed by atoms with Crippen LogP contribution in [-0.4, -0.2) is 39.0 Å². The number of benzene rings is 2. The average Bonchev–Trinajstić information content (AvgIpc) is 3.59. The number of hydrogen-bond acceptors (Lipinski definition) is 8. The highest BCUT2D eigenvalue weighted by molar-refractivity contribution is 7.98. The van der Waals surface area contributed by atoms with E-state index in [-0.39, 0.29) is 12.7 Å². The highest BCUT2D eigenvalue weighted by atomic mass is 32.2. The Balaban J connectivity index is 1.41. The van der Waals surface area contributed by atoms with Gasteiger partial charge in [-0.05, 0) is 24.6 Å². The van der Waals surface area contributed by atoms with Gasteiger partial charge in [-0.25, -0.2) is 4.98 Å². The Bertz CT molecular complexity index is 1310. The number of thiazole rings is 1. The molecule has 5 rings (SSSR count). The summed E-state index contributed by atoms with van der Waals surface area (Å²) in [5, 5.41) is 12.5. The van der Waals surface area contributed by atoms with Gasteiger partial charge in [-0.1, -0.05) is 48.2 Å². The van der Waals surface area contributed by atoms with E-state index in [0.29, 0.717) is 18.8 Å². The van der Waals surface area contributed by atoms with Crippen LogP contribution >= 0.6 is 23.1 Å². The van der Waals surface area contributed by atoms with Crippen LogP contribution < -0.4 is 14.4 Å². The van der Waals surface area contributed by atoms with E-state index in [1.165, 1.54) is 11.3 Å². The summed E-state index contributed by atoms with van der Waals surface area (Å²) in [5.41, 5.74) is 2.97. The first-order valence-electron chi connectivity index (χ1n) is 10.8. The number of ether oxygens (including phenoxy) is 2. The standard InChI is InChI=1S/C24H23N5O3S2/c1-3-28(16(2)30)23-25-19(13-33-23)14-34-24-27-26-22(18-7-5-4-6-8-18)29(24)12-17-9-10-20-21(11-17)32-15-31-20/h4-11,13H,3,12,14-15H2,1-2H3. The zero-order valence-corrected chi connectivity index (χ0v) is 20.4. The molecular weight excluding hydrogens is 470 g/mol. The molecule has 0 N–H and O–H groups in total. The molecule has 10 heteroatoms. The zero-order valence-electron chi connectivity index (χ0n) is 18.8. The minimum absolute atomic E-state index is 0.00738. The molecule has 1 aliphatic heterocycles. The minimum atomic E-state index is -0.00738. The third-order valence-corrected chi connectivity index (χ3v) is 7.26. The number of amides is 1. The van der Waals surface area contributed by atoms with Gasteiger partial charge in [-0.15, -0.1) is 21.5 Å². The third kappa shape index (κ3) is 4.64. The van der Waals surface area contributed by atoms with Gasteiger partial charge in [-0.3, -0.25) is 14.3 Å².